The minimum Gasteiger partial charge on any atom is -0.379 e. The minimum absolute atomic E-state index is 0.0237. The van der Waals surface area contributed by atoms with Crippen LogP contribution in [0.5, 0.6) is 0 Å². The summed E-state index contributed by atoms with van der Waals surface area (Å²) < 4.78 is 43.7. The van der Waals surface area contributed by atoms with Crippen molar-refractivity contribution in [2.75, 3.05) is 18.5 Å². The molecule has 2 rings (SSSR count). The van der Waals surface area contributed by atoms with E-state index in [9.17, 15) is 13.2 Å². The molecule has 82 valence electrons. The summed E-state index contributed by atoms with van der Waals surface area (Å²) in [5, 5.41) is 2.77. The lowest BCUT2D eigenvalue weighted by molar-refractivity contribution is 0.195. The Labute approximate surface area is 85.0 Å². The maximum atomic E-state index is 13.2. The zero-order valence-corrected chi connectivity index (χ0v) is 7.90. The average Bonchev–Trinajstić information content (AvgIpc) is 2.67. The summed E-state index contributed by atoms with van der Waals surface area (Å²) >= 11 is 0. The molecule has 15 heavy (non-hydrogen) atoms. The third kappa shape index (κ3) is 2.23. The lowest BCUT2D eigenvalue weighted by atomic mass is 10.2. The van der Waals surface area contributed by atoms with Gasteiger partial charge >= 0.3 is 0 Å². The zero-order chi connectivity index (χ0) is 10.8. The van der Waals surface area contributed by atoms with Crippen LogP contribution in [-0.4, -0.2) is 19.3 Å². The van der Waals surface area contributed by atoms with E-state index in [0.717, 1.165) is 12.5 Å². The second kappa shape index (κ2) is 4.10. The van der Waals surface area contributed by atoms with Gasteiger partial charge in [-0.1, -0.05) is 0 Å². The standard InChI is InChI=1S/C10H10F3NO/c11-7-3-9(13)10(4-8(7)12)14-6-1-2-15-5-6/h3-4,6,14H,1-2,5H2. The second-order valence-electron chi connectivity index (χ2n) is 3.45. The van der Waals surface area contributed by atoms with Crippen molar-refractivity contribution in [3.05, 3.63) is 29.6 Å². The van der Waals surface area contributed by atoms with Crippen molar-refractivity contribution in [2.45, 2.75) is 12.5 Å². The van der Waals surface area contributed by atoms with Crippen molar-refractivity contribution in [1.82, 2.24) is 0 Å². The first kappa shape index (κ1) is 10.3. The summed E-state index contributed by atoms with van der Waals surface area (Å²) in [6, 6.07) is 1.32. The fourth-order valence-electron chi connectivity index (χ4n) is 1.50. The van der Waals surface area contributed by atoms with Gasteiger partial charge in [0.05, 0.1) is 18.3 Å². The number of anilines is 1. The van der Waals surface area contributed by atoms with Crippen LogP contribution in [0.15, 0.2) is 12.1 Å². The Morgan fingerprint density at radius 3 is 2.53 bits per heavy atom. The van der Waals surface area contributed by atoms with Gasteiger partial charge in [0, 0.05) is 18.7 Å². The quantitative estimate of drug-likeness (QED) is 0.767. The molecule has 1 fully saturated rings. The molecule has 1 aliphatic heterocycles. The van der Waals surface area contributed by atoms with Gasteiger partial charge in [-0.2, -0.15) is 0 Å². The van der Waals surface area contributed by atoms with Crippen LogP contribution in [0.3, 0.4) is 0 Å². The first-order valence-corrected chi connectivity index (χ1v) is 4.65. The molecule has 0 saturated carbocycles. The predicted octanol–water partition coefficient (Wildman–Crippen LogP) is 2.30. The molecule has 1 aromatic carbocycles. The van der Waals surface area contributed by atoms with Crippen LogP contribution in [0.2, 0.25) is 0 Å². The van der Waals surface area contributed by atoms with Gasteiger partial charge in [0.25, 0.3) is 0 Å². The molecule has 1 N–H and O–H groups in total. The first-order valence-electron chi connectivity index (χ1n) is 4.65. The monoisotopic (exact) mass is 217 g/mol. The van der Waals surface area contributed by atoms with Gasteiger partial charge < -0.3 is 10.1 Å². The van der Waals surface area contributed by atoms with Gasteiger partial charge in [0.15, 0.2) is 11.6 Å². The molecule has 0 amide bonds. The van der Waals surface area contributed by atoms with Gasteiger partial charge in [0.2, 0.25) is 0 Å². The van der Waals surface area contributed by atoms with E-state index in [1.54, 1.807) is 0 Å². The number of rotatable bonds is 2. The van der Waals surface area contributed by atoms with E-state index in [2.05, 4.69) is 5.32 Å². The molecule has 1 aromatic rings. The lowest BCUT2D eigenvalue weighted by Crippen LogP contribution is -2.19. The van der Waals surface area contributed by atoms with Gasteiger partial charge in [0.1, 0.15) is 5.82 Å². The molecule has 0 radical (unpaired) electrons. The van der Waals surface area contributed by atoms with Gasteiger partial charge in [-0.05, 0) is 6.42 Å². The van der Waals surface area contributed by atoms with Crippen molar-refractivity contribution in [1.29, 1.82) is 0 Å². The van der Waals surface area contributed by atoms with E-state index in [1.165, 1.54) is 0 Å². The van der Waals surface area contributed by atoms with E-state index in [1.807, 2.05) is 0 Å². The smallest absolute Gasteiger partial charge is 0.161 e. The number of hydrogen-bond donors (Lipinski definition) is 1. The summed E-state index contributed by atoms with van der Waals surface area (Å²) in [5.41, 5.74) is -0.0237. The number of halogens is 3. The van der Waals surface area contributed by atoms with Crippen molar-refractivity contribution in [2.24, 2.45) is 0 Å². The fourth-order valence-corrected chi connectivity index (χ4v) is 1.50. The first-order chi connectivity index (χ1) is 7.16. The van der Waals surface area contributed by atoms with Crippen molar-refractivity contribution >= 4 is 5.69 Å². The maximum absolute atomic E-state index is 13.2. The summed E-state index contributed by atoms with van der Waals surface area (Å²) in [5.74, 6) is -3.03. The minimum atomic E-state index is -1.18. The molecule has 0 spiro atoms. The molecular formula is C10H10F3NO. The third-order valence-corrected chi connectivity index (χ3v) is 2.30. The van der Waals surface area contributed by atoms with E-state index < -0.39 is 17.5 Å². The third-order valence-electron chi connectivity index (χ3n) is 2.30. The molecule has 1 unspecified atom stereocenters. The zero-order valence-electron chi connectivity index (χ0n) is 7.90. The SMILES string of the molecule is Fc1cc(F)c(NC2CCOC2)cc1F. The Morgan fingerprint density at radius 2 is 1.87 bits per heavy atom. The number of hydrogen-bond acceptors (Lipinski definition) is 2. The topological polar surface area (TPSA) is 21.3 Å². The highest BCUT2D eigenvalue weighted by Gasteiger charge is 2.18. The molecule has 1 saturated heterocycles. The van der Waals surface area contributed by atoms with Crippen molar-refractivity contribution in [3.63, 3.8) is 0 Å². The van der Waals surface area contributed by atoms with Gasteiger partial charge in [-0.15, -0.1) is 0 Å². The average molecular weight is 217 g/mol. The molecule has 0 aliphatic carbocycles. The molecule has 2 nitrogen and oxygen atoms in total. The fraction of sp³-hybridized carbons (Fsp3) is 0.400. The number of benzene rings is 1. The highest BCUT2D eigenvalue weighted by Crippen LogP contribution is 2.20. The molecule has 5 heteroatoms. The Morgan fingerprint density at radius 1 is 1.13 bits per heavy atom. The number of ether oxygens (including phenoxy) is 1. The largest absolute Gasteiger partial charge is 0.379 e. The Kier molecular flexibility index (Phi) is 2.81. The Balaban J connectivity index is 2.16. The normalized spacial score (nSPS) is 20.6. The van der Waals surface area contributed by atoms with Crippen LogP contribution in [0.1, 0.15) is 6.42 Å². The molecule has 0 bridgehead atoms. The number of nitrogens with one attached hydrogen (secondary N) is 1. The molecule has 1 aliphatic rings. The van der Waals surface area contributed by atoms with E-state index in [0.29, 0.717) is 19.3 Å². The molecule has 1 heterocycles. The molecule has 1 atom stereocenters. The Hall–Kier alpha value is -1.23. The molecule has 0 aromatic heterocycles. The van der Waals surface area contributed by atoms with Gasteiger partial charge in [-0.25, -0.2) is 13.2 Å². The van der Waals surface area contributed by atoms with Crippen LogP contribution in [-0.2, 0) is 4.74 Å². The summed E-state index contributed by atoms with van der Waals surface area (Å²) in [6.45, 7) is 1.06. The van der Waals surface area contributed by atoms with E-state index in [4.69, 9.17) is 4.74 Å². The molecular weight excluding hydrogens is 207 g/mol. The second-order valence-corrected chi connectivity index (χ2v) is 3.45. The van der Waals surface area contributed by atoms with Gasteiger partial charge in [-0.3, -0.25) is 0 Å². The van der Waals surface area contributed by atoms with E-state index >= 15 is 0 Å². The summed E-state index contributed by atoms with van der Waals surface area (Å²) in [4.78, 5) is 0. The highest BCUT2D eigenvalue weighted by atomic mass is 19.2. The van der Waals surface area contributed by atoms with Crippen LogP contribution in [0.4, 0.5) is 18.9 Å². The maximum Gasteiger partial charge on any atom is 0.161 e. The summed E-state index contributed by atoms with van der Waals surface area (Å²) in [7, 11) is 0. The van der Waals surface area contributed by atoms with Crippen molar-refractivity contribution < 1.29 is 17.9 Å². The van der Waals surface area contributed by atoms with Crippen LogP contribution >= 0.6 is 0 Å². The van der Waals surface area contributed by atoms with Crippen LogP contribution in [0, 0.1) is 17.5 Å². The predicted molar refractivity (Wildman–Crippen MR) is 49.2 cm³/mol. The van der Waals surface area contributed by atoms with Crippen LogP contribution in [0.25, 0.3) is 0 Å². The van der Waals surface area contributed by atoms with E-state index in [-0.39, 0.29) is 11.7 Å². The summed E-state index contributed by atoms with van der Waals surface area (Å²) in [6.07, 6.45) is 0.735. The highest BCUT2D eigenvalue weighted by molar-refractivity contribution is 5.46. The lowest BCUT2D eigenvalue weighted by Gasteiger charge is -2.12. The van der Waals surface area contributed by atoms with Crippen molar-refractivity contribution in [3.8, 4) is 0 Å². The van der Waals surface area contributed by atoms with Crippen LogP contribution < -0.4 is 5.32 Å². The Bertz CT molecular complexity index is 364.